The van der Waals surface area contributed by atoms with Crippen molar-refractivity contribution < 1.29 is 9.90 Å². The Balaban J connectivity index is 1.28. The van der Waals surface area contributed by atoms with Crippen LogP contribution in [0.1, 0.15) is 51.5 Å². The van der Waals surface area contributed by atoms with Gasteiger partial charge < -0.3 is 15.3 Å². The molecule has 190 valence electrons. The Bertz CT molecular complexity index is 1140. The Morgan fingerprint density at radius 2 is 1.83 bits per heavy atom. The fraction of sp³-hybridized carbons (Fsp3) is 0.630. The Morgan fingerprint density at radius 3 is 2.39 bits per heavy atom. The van der Waals surface area contributed by atoms with E-state index in [0.717, 1.165) is 64.0 Å². The second-order valence-electron chi connectivity index (χ2n) is 11.6. The summed E-state index contributed by atoms with van der Waals surface area (Å²) in [6.45, 7) is 7.30. The summed E-state index contributed by atoms with van der Waals surface area (Å²) in [5, 5.41) is 32.9. The number of anilines is 1. The second-order valence-corrected chi connectivity index (χ2v) is 12.0. The number of aliphatic imine (C=N–C) groups is 1. The van der Waals surface area contributed by atoms with Gasteiger partial charge in [-0.25, -0.2) is 0 Å². The normalized spacial score (nSPS) is 32.1. The molecule has 1 saturated heterocycles. The Morgan fingerprint density at radius 1 is 1.17 bits per heavy atom. The number of carboxylic acid groups (broad SMARTS) is 1. The van der Waals surface area contributed by atoms with Crippen LogP contribution < -0.4 is 10.2 Å². The number of carbonyl (C=O) groups is 1. The molecule has 0 amide bonds. The highest BCUT2D eigenvalue weighted by Crippen LogP contribution is 2.60. The van der Waals surface area contributed by atoms with Gasteiger partial charge in [0.15, 0.2) is 0 Å². The molecule has 4 aliphatic carbocycles. The van der Waals surface area contributed by atoms with E-state index in [4.69, 9.17) is 16.9 Å². The molecular weight excluding hydrogens is 476 g/mol. The number of nitriles is 2. The molecule has 2 atom stereocenters. The molecule has 1 aliphatic heterocycles. The molecular formula is C27H33ClN6O2. The van der Waals surface area contributed by atoms with Crippen LogP contribution in [0.2, 0.25) is 5.02 Å². The first-order chi connectivity index (χ1) is 17.2. The summed E-state index contributed by atoms with van der Waals surface area (Å²) >= 11 is 6.45. The zero-order valence-corrected chi connectivity index (χ0v) is 21.6. The molecule has 5 fully saturated rings. The van der Waals surface area contributed by atoms with Crippen molar-refractivity contribution in [1.82, 2.24) is 10.2 Å². The summed E-state index contributed by atoms with van der Waals surface area (Å²) < 4.78 is 0. The Kier molecular flexibility index (Phi) is 6.39. The summed E-state index contributed by atoms with van der Waals surface area (Å²) in [7, 11) is 0. The van der Waals surface area contributed by atoms with E-state index in [1.54, 1.807) is 12.1 Å². The Labute approximate surface area is 217 Å². The number of rotatable bonds is 5. The molecule has 8 nitrogen and oxygen atoms in total. The number of benzene rings is 1. The minimum atomic E-state index is -0.633. The lowest BCUT2D eigenvalue weighted by Crippen LogP contribution is -2.66. The molecule has 2 N–H and O–H groups in total. The monoisotopic (exact) mass is 508 g/mol. The van der Waals surface area contributed by atoms with Crippen LogP contribution >= 0.6 is 11.6 Å². The molecule has 0 aromatic heterocycles. The van der Waals surface area contributed by atoms with Crippen LogP contribution in [0.25, 0.3) is 0 Å². The smallest absolute Gasteiger partial charge is 0.309 e. The largest absolute Gasteiger partial charge is 0.481 e. The molecule has 0 spiro atoms. The number of piperazine rings is 1. The van der Waals surface area contributed by atoms with Gasteiger partial charge in [-0.05, 0) is 81.9 Å². The quantitative estimate of drug-likeness (QED) is 0.352. The Hall–Kier alpha value is -2.81. The number of nitrogens with zero attached hydrogens (tertiary/aromatic N) is 5. The zero-order valence-electron chi connectivity index (χ0n) is 20.9. The van der Waals surface area contributed by atoms with E-state index in [-0.39, 0.29) is 6.04 Å². The van der Waals surface area contributed by atoms with Crippen LogP contribution in [0.15, 0.2) is 23.2 Å². The van der Waals surface area contributed by atoms with E-state index in [9.17, 15) is 15.2 Å². The number of hydrogen-bond acceptors (Lipinski definition) is 6. The maximum absolute atomic E-state index is 12.1. The maximum Gasteiger partial charge on any atom is 0.309 e. The van der Waals surface area contributed by atoms with Crippen LogP contribution in [0.4, 0.5) is 5.69 Å². The summed E-state index contributed by atoms with van der Waals surface area (Å²) in [5.41, 5.74) is 0.444. The van der Waals surface area contributed by atoms with Crippen molar-refractivity contribution >= 4 is 29.1 Å². The third kappa shape index (κ3) is 4.21. The van der Waals surface area contributed by atoms with Gasteiger partial charge in [0.1, 0.15) is 5.84 Å². The third-order valence-electron chi connectivity index (χ3n) is 9.26. The van der Waals surface area contributed by atoms with Gasteiger partial charge >= 0.3 is 5.97 Å². The molecule has 1 aromatic rings. The molecule has 6 rings (SSSR count). The van der Waals surface area contributed by atoms with Crippen LogP contribution in [0.5, 0.6) is 0 Å². The standard InChI is InChI=1S/C27H33ClN6O2/c1-26(2,34-7-5-33(6-8-34)22-4-3-17(15-29)11-21(22)28)24(31-16-30)32-23-19-9-18-10-20(23)14-27(12-18,13-19)25(35)36/h3-4,11,18-20,23H,5-10,12-14H2,1-2H3,(H,31,32)(H,35,36). The first kappa shape index (κ1) is 24.9. The molecule has 5 aliphatic rings. The summed E-state index contributed by atoms with van der Waals surface area (Å²) in [4.78, 5) is 21.0. The summed E-state index contributed by atoms with van der Waals surface area (Å²) in [6.07, 6.45) is 6.40. The molecule has 36 heavy (non-hydrogen) atoms. The minimum Gasteiger partial charge on any atom is -0.481 e. The number of halogens is 1. The minimum absolute atomic E-state index is 0.166. The van der Waals surface area contributed by atoms with Crippen molar-refractivity contribution in [3.05, 3.63) is 28.8 Å². The second kappa shape index (κ2) is 9.25. The van der Waals surface area contributed by atoms with Gasteiger partial charge in [0.25, 0.3) is 0 Å². The lowest BCUT2D eigenvalue weighted by molar-refractivity contribution is -0.166. The molecule has 9 heteroatoms. The highest BCUT2D eigenvalue weighted by molar-refractivity contribution is 6.33. The SMILES string of the molecule is CC(C)(/C(=N/C#N)NC1C2CC3CC1CC(C(=O)O)(C3)C2)N1CCN(c2ccc(C#N)cc2Cl)CC1. The summed E-state index contributed by atoms with van der Waals surface area (Å²) in [6, 6.07) is 7.69. The number of carboxylic acids is 1. The molecule has 1 heterocycles. The fourth-order valence-electron chi connectivity index (χ4n) is 7.56. The average molecular weight is 509 g/mol. The number of hydrogen-bond donors (Lipinski definition) is 2. The molecule has 1 aromatic carbocycles. The first-order valence-electron chi connectivity index (χ1n) is 12.8. The topological polar surface area (TPSA) is 116 Å². The van der Waals surface area contributed by atoms with E-state index >= 15 is 0 Å². The molecule has 0 radical (unpaired) electrons. The van der Waals surface area contributed by atoms with Crippen molar-refractivity contribution in [3.8, 4) is 12.3 Å². The number of nitrogens with one attached hydrogen (secondary N) is 1. The van der Waals surface area contributed by atoms with E-state index in [0.29, 0.717) is 34.2 Å². The van der Waals surface area contributed by atoms with E-state index < -0.39 is 16.9 Å². The van der Waals surface area contributed by atoms with Crippen molar-refractivity contribution in [1.29, 1.82) is 10.5 Å². The highest BCUT2D eigenvalue weighted by atomic mass is 35.5. The molecule has 4 bridgehead atoms. The van der Waals surface area contributed by atoms with Gasteiger partial charge in [-0.3, -0.25) is 9.69 Å². The van der Waals surface area contributed by atoms with E-state index in [2.05, 4.69) is 40.0 Å². The van der Waals surface area contributed by atoms with Gasteiger partial charge in [-0.2, -0.15) is 15.5 Å². The van der Waals surface area contributed by atoms with Crippen molar-refractivity contribution in [2.24, 2.45) is 28.2 Å². The van der Waals surface area contributed by atoms with Gasteiger partial charge in [0.2, 0.25) is 6.19 Å². The van der Waals surface area contributed by atoms with Crippen molar-refractivity contribution in [2.45, 2.75) is 57.5 Å². The summed E-state index contributed by atoms with van der Waals surface area (Å²) in [5.74, 6) is 1.16. The van der Waals surface area contributed by atoms with Crippen LogP contribution in [-0.4, -0.2) is 59.6 Å². The van der Waals surface area contributed by atoms with E-state index in [1.807, 2.05) is 12.3 Å². The van der Waals surface area contributed by atoms with Crippen molar-refractivity contribution in [2.75, 3.05) is 31.1 Å². The van der Waals surface area contributed by atoms with Gasteiger partial charge in [0.05, 0.1) is 33.3 Å². The van der Waals surface area contributed by atoms with Crippen LogP contribution in [-0.2, 0) is 4.79 Å². The van der Waals surface area contributed by atoms with Gasteiger partial charge in [-0.15, -0.1) is 0 Å². The zero-order chi connectivity index (χ0) is 25.7. The highest BCUT2D eigenvalue weighted by Gasteiger charge is 2.59. The lowest BCUT2D eigenvalue weighted by Gasteiger charge is -2.59. The van der Waals surface area contributed by atoms with Crippen molar-refractivity contribution in [3.63, 3.8) is 0 Å². The predicted molar refractivity (Wildman–Crippen MR) is 138 cm³/mol. The molecule has 2 unspecified atom stereocenters. The number of amidine groups is 1. The van der Waals surface area contributed by atoms with Gasteiger partial charge in [-0.1, -0.05) is 11.6 Å². The average Bonchev–Trinajstić information content (AvgIpc) is 2.85. The first-order valence-corrected chi connectivity index (χ1v) is 13.2. The van der Waals surface area contributed by atoms with Crippen LogP contribution in [0.3, 0.4) is 0 Å². The molecule has 4 saturated carbocycles. The van der Waals surface area contributed by atoms with Crippen LogP contribution in [0, 0.1) is 46.0 Å². The van der Waals surface area contributed by atoms with E-state index in [1.165, 1.54) is 0 Å². The fourth-order valence-corrected chi connectivity index (χ4v) is 7.86. The third-order valence-corrected chi connectivity index (χ3v) is 9.56. The predicted octanol–water partition coefficient (Wildman–Crippen LogP) is 3.86. The van der Waals surface area contributed by atoms with Gasteiger partial charge in [0, 0.05) is 32.2 Å². The maximum atomic E-state index is 12.1. The number of aliphatic carboxylic acids is 1. The lowest BCUT2D eigenvalue weighted by atomic mass is 9.48.